The van der Waals surface area contributed by atoms with Crippen LogP contribution in [0.1, 0.15) is 30.0 Å². The highest BCUT2D eigenvalue weighted by atomic mass is 15.1. The van der Waals surface area contributed by atoms with E-state index >= 15 is 0 Å². The average Bonchev–Trinajstić information content (AvgIpc) is 2.30. The Morgan fingerprint density at radius 1 is 1.11 bits per heavy atom. The van der Waals surface area contributed by atoms with Crippen molar-refractivity contribution >= 4 is 5.69 Å². The molecule has 1 rings (SSSR count). The highest BCUT2D eigenvalue weighted by Crippen LogP contribution is 2.27. The van der Waals surface area contributed by atoms with Gasteiger partial charge < -0.3 is 10.6 Å². The van der Waals surface area contributed by atoms with Crippen LogP contribution in [-0.2, 0) is 0 Å². The van der Waals surface area contributed by atoms with E-state index in [-0.39, 0.29) is 0 Å². The molecule has 0 aromatic heterocycles. The van der Waals surface area contributed by atoms with Crippen molar-refractivity contribution < 1.29 is 0 Å². The first-order valence-electron chi connectivity index (χ1n) is 6.33. The van der Waals surface area contributed by atoms with Gasteiger partial charge in [0.25, 0.3) is 0 Å². The number of allylic oxidation sites excluding steroid dienone is 1. The number of benzene rings is 1. The second-order valence-electron chi connectivity index (χ2n) is 4.89. The Hall–Kier alpha value is -1.70. The lowest BCUT2D eigenvalue weighted by Crippen LogP contribution is -2.27. The number of anilines is 1. The Labute approximate surface area is 111 Å². The largest absolute Gasteiger partial charge is 0.401 e. The summed E-state index contributed by atoms with van der Waals surface area (Å²) in [6.45, 7) is 17.0. The summed E-state index contributed by atoms with van der Waals surface area (Å²) >= 11 is 0. The summed E-state index contributed by atoms with van der Waals surface area (Å²) in [5.74, 6) is 0. The minimum atomic E-state index is 0.621. The molecular formula is C16H24N2. The molecule has 0 aliphatic rings. The van der Waals surface area contributed by atoms with Crippen molar-refractivity contribution in [1.82, 2.24) is 0 Å². The van der Waals surface area contributed by atoms with Crippen LogP contribution in [0, 0.1) is 20.8 Å². The number of nitrogens with two attached hydrogens (primary N) is 1. The molecular weight excluding hydrogens is 220 g/mol. The van der Waals surface area contributed by atoms with Gasteiger partial charge in [0.05, 0.1) is 6.54 Å². The first kappa shape index (κ1) is 14.4. The maximum Gasteiger partial charge on any atom is 0.0617 e. The molecule has 0 amide bonds. The Kier molecular flexibility index (Phi) is 4.60. The lowest BCUT2D eigenvalue weighted by molar-refractivity contribution is 0.900. The Bertz CT molecular complexity index is 472. The Balaban J connectivity index is 3.24. The van der Waals surface area contributed by atoms with Gasteiger partial charge in [-0.2, -0.15) is 0 Å². The summed E-state index contributed by atoms with van der Waals surface area (Å²) in [7, 11) is 0. The Morgan fingerprint density at radius 2 is 1.67 bits per heavy atom. The van der Waals surface area contributed by atoms with E-state index in [1.165, 1.54) is 22.4 Å². The molecule has 1 aromatic carbocycles. The summed E-state index contributed by atoms with van der Waals surface area (Å²) in [4.78, 5) is 2.16. The van der Waals surface area contributed by atoms with Crippen molar-refractivity contribution in [3.05, 3.63) is 53.4 Å². The van der Waals surface area contributed by atoms with Gasteiger partial charge in [-0.15, -0.1) is 0 Å². The second kappa shape index (κ2) is 5.76. The quantitative estimate of drug-likeness (QED) is 0.853. The van der Waals surface area contributed by atoms with Crippen LogP contribution in [0.15, 0.2) is 36.7 Å². The summed E-state index contributed by atoms with van der Waals surface area (Å²) in [5.41, 5.74) is 12.5. The van der Waals surface area contributed by atoms with Crippen LogP contribution in [0.25, 0.3) is 0 Å². The first-order valence-corrected chi connectivity index (χ1v) is 6.33. The van der Waals surface area contributed by atoms with E-state index in [9.17, 15) is 0 Å². The molecule has 0 fully saturated rings. The molecule has 2 N–H and O–H groups in total. The minimum absolute atomic E-state index is 0.621. The zero-order chi connectivity index (χ0) is 13.9. The zero-order valence-corrected chi connectivity index (χ0v) is 12.0. The smallest absolute Gasteiger partial charge is 0.0617 e. The monoisotopic (exact) mass is 244 g/mol. The van der Waals surface area contributed by atoms with Crippen LogP contribution in [0.4, 0.5) is 5.69 Å². The highest BCUT2D eigenvalue weighted by Gasteiger charge is 2.13. The summed E-state index contributed by atoms with van der Waals surface area (Å²) in [6, 6.07) is 4.41. The number of rotatable bonds is 5. The van der Waals surface area contributed by atoms with Gasteiger partial charge in [0.15, 0.2) is 0 Å². The van der Waals surface area contributed by atoms with Gasteiger partial charge in [-0.1, -0.05) is 26.1 Å². The molecule has 2 heteroatoms. The van der Waals surface area contributed by atoms with Crippen molar-refractivity contribution in [2.24, 2.45) is 5.73 Å². The topological polar surface area (TPSA) is 29.3 Å². The van der Waals surface area contributed by atoms with Gasteiger partial charge in [0.2, 0.25) is 0 Å². The van der Waals surface area contributed by atoms with Gasteiger partial charge in [0, 0.05) is 17.1 Å². The van der Waals surface area contributed by atoms with E-state index in [1.54, 1.807) is 0 Å². The fourth-order valence-corrected chi connectivity index (χ4v) is 2.00. The van der Waals surface area contributed by atoms with Gasteiger partial charge >= 0.3 is 0 Å². The van der Waals surface area contributed by atoms with E-state index in [0.717, 1.165) is 12.1 Å². The molecule has 18 heavy (non-hydrogen) atoms. The maximum absolute atomic E-state index is 5.76. The maximum atomic E-state index is 5.76. The zero-order valence-electron chi connectivity index (χ0n) is 12.0. The third-order valence-electron chi connectivity index (χ3n) is 3.25. The van der Waals surface area contributed by atoms with E-state index in [0.29, 0.717) is 12.2 Å². The first-order chi connectivity index (χ1) is 8.36. The highest BCUT2D eigenvalue weighted by molar-refractivity contribution is 5.60. The molecule has 0 unspecified atom stereocenters. The van der Waals surface area contributed by atoms with Gasteiger partial charge in [0.1, 0.15) is 0 Å². The molecule has 98 valence electrons. The Morgan fingerprint density at radius 3 is 2.17 bits per heavy atom. The standard InChI is InChI=1S/C16H24N2/c1-7-15(6)18(10-14(5)17)16-9-12(3)11(2)8-13(16)4/h8-9H,5-7,10,17H2,1-4H3. The van der Waals surface area contributed by atoms with E-state index in [2.05, 4.69) is 57.9 Å². The predicted octanol–water partition coefficient (Wildman–Crippen LogP) is 3.81. The van der Waals surface area contributed by atoms with Crippen molar-refractivity contribution in [1.29, 1.82) is 0 Å². The molecule has 0 heterocycles. The number of aryl methyl sites for hydroxylation is 3. The van der Waals surface area contributed by atoms with Crippen molar-refractivity contribution in [2.45, 2.75) is 34.1 Å². The molecule has 0 aliphatic carbocycles. The normalized spacial score (nSPS) is 10.2. The van der Waals surface area contributed by atoms with Crippen molar-refractivity contribution in [3.63, 3.8) is 0 Å². The fourth-order valence-electron chi connectivity index (χ4n) is 2.00. The van der Waals surface area contributed by atoms with E-state index < -0.39 is 0 Å². The molecule has 2 nitrogen and oxygen atoms in total. The van der Waals surface area contributed by atoms with Crippen LogP contribution >= 0.6 is 0 Å². The van der Waals surface area contributed by atoms with E-state index in [1.807, 2.05) is 0 Å². The number of hydrogen-bond acceptors (Lipinski definition) is 2. The van der Waals surface area contributed by atoms with Crippen molar-refractivity contribution in [2.75, 3.05) is 11.4 Å². The van der Waals surface area contributed by atoms with Crippen LogP contribution in [0.5, 0.6) is 0 Å². The van der Waals surface area contributed by atoms with Gasteiger partial charge in [-0.3, -0.25) is 0 Å². The van der Waals surface area contributed by atoms with Gasteiger partial charge in [-0.25, -0.2) is 0 Å². The van der Waals surface area contributed by atoms with Crippen LogP contribution in [0.2, 0.25) is 0 Å². The van der Waals surface area contributed by atoms with E-state index in [4.69, 9.17) is 5.73 Å². The molecule has 0 saturated carbocycles. The molecule has 0 bridgehead atoms. The van der Waals surface area contributed by atoms with Crippen LogP contribution < -0.4 is 10.6 Å². The van der Waals surface area contributed by atoms with Crippen LogP contribution in [-0.4, -0.2) is 6.54 Å². The number of nitrogens with zero attached hydrogens (tertiary/aromatic N) is 1. The summed E-state index contributed by atoms with van der Waals surface area (Å²) in [5, 5.41) is 0. The summed E-state index contributed by atoms with van der Waals surface area (Å²) in [6.07, 6.45) is 0.902. The molecule has 0 spiro atoms. The van der Waals surface area contributed by atoms with Crippen LogP contribution in [0.3, 0.4) is 0 Å². The fraction of sp³-hybridized carbons (Fsp3) is 0.375. The van der Waals surface area contributed by atoms with Crippen molar-refractivity contribution in [3.8, 4) is 0 Å². The molecule has 0 aliphatic heterocycles. The number of hydrogen-bond donors (Lipinski definition) is 1. The lowest BCUT2D eigenvalue weighted by Gasteiger charge is -2.28. The lowest BCUT2D eigenvalue weighted by atomic mass is 10.0. The molecule has 1 aromatic rings. The molecule has 0 saturated heterocycles. The van der Waals surface area contributed by atoms with Gasteiger partial charge in [-0.05, 0) is 49.9 Å². The predicted molar refractivity (Wildman–Crippen MR) is 80.8 cm³/mol. The summed E-state index contributed by atoms with van der Waals surface area (Å²) < 4.78 is 0. The molecule has 0 atom stereocenters. The molecule has 0 radical (unpaired) electrons. The minimum Gasteiger partial charge on any atom is -0.401 e. The third kappa shape index (κ3) is 3.16. The average molecular weight is 244 g/mol. The second-order valence-corrected chi connectivity index (χ2v) is 4.89. The third-order valence-corrected chi connectivity index (χ3v) is 3.25. The SMILES string of the molecule is C=C(N)CN(C(=C)CC)c1cc(C)c(C)cc1C.